The van der Waals surface area contributed by atoms with E-state index in [-0.39, 0.29) is 0 Å². The zero-order valence-electron chi connectivity index (χ0n) is 5.85. The number of halogens is 1. The Balaban J connectivity index is 2.60. The molecule has 0 aliphatic carbocycles. The van der Waals surface area contributed by atoms with Crippen LogP contribution in [0.2, 0.25) is 5.02 Å². The van der Waals surface area contributed by atoms with Gasteiger partial charge in [0.2, 0.25) is 0 Å². The molecular weight excluding hydrogens is 198 g/mol. The normalized spacial score (nSPS) is 14.4. The van der Waals surface area contributed by atoms with E-state index in [4.69, 9.17) is 11.6 Å². The van der Waals surface area contributed by atoms with E-state index in [9.17, 15) is 0 Å². The van der Waals surface area contributed by atoms with Crippen LogP contribution in [0.25, 0.3) is 0 Å². The summed E-state index contributed by atoms with van der Waals surface area (Å²) in [7, 11) is 3.35. The van der Waals surface area contributed by atoms with Gasteiger partial charge in [-0.05, 0) is 35.4 Å². The molecule has 11 heavy (non-hydrogen) atoms. The van der Waals surface area contributed by atoms with E-state index in [1.165, 1.54) is 16.1 Å². The number of rotatable bonds is 0. The summed E-state index contributed by atoms with van der Waals surface area (Å²) in [5.41, 5.74) is 2.43. The second-order valence-electron chi connectivity index (χ2n) is 2.36. The van der Waals surface area contributed by atoms with Crippen LogP contribution in [0.4, 0.5) is 5.69 Å². The number of anilines is 1. The van der Waals surface area contributed by atoms with E-state index in [2.05, 4.69) is 11.6 Å². The zero-order chi connectivity index (χ0) is 7.84. The minimum absolute atomic E-state index is 0.818. The van der Waals surface area contributed by atoms with Gasteiger partial charge in [-0.25, -0.2) is 0 Å². The van der Waals surface area contributed by atoms with Crippen molar-refractivity contribution in [2.24, 2.45) is 0 Å². The molecule has 1 nitrogen and oxygen atoms in total. The molecule has 4 heteroatoms. The molecule has 0 saturated carbocycles. The van der Waals surface area contributed by atoms with Gasteiger partial charge in [-0.3, -0.25) is 0 Å². The second-order valence-corrected chi connectivity index (χ2v) is 4.78. The Kier molecular flexibility index (Phi) is 1.95. The molecule has 0 bridgehead atoms. The summed E-state index contributed by atoms with van der Waals surface area (Å²) in [5, 5.41) is 0.818. The van der Waals surface area contributed by atoms with Crippen molar-refractivity contribution in [1.29, 1.82) is 0 Å². The van der Waals surface area contributed by atoms with Crippen LogP contribution < -0.4 is 4.72 Å². The van der Waals surface area contributed by atoms with Crippen molar-refractivity contribution in [3.63, 3.8) is 0 Å². The van der Waals surface area contributed by atoms with Gasteiger partial charge in [-0.2, -0.15) is 0 Å². The first-order chi connectivity index (χ1) is 5.27. The van der Waals surface area contributed by atoms with Crippen LogP contribution >= 0.6 is 33.4 Å². The number of hydrogen-bond donors (Lipinski definition) is 1. The number of hydrogen-bond acceptors (Lipinski definition) is 3. The van der Waals surface area contributed by atoms with Gasteiger partial charge in [0.05, 0.1) is 5.69 Å². The number of aryl methyl sites for hydroxylation is 1. The summed E-state index contributed by atoms with van der Waals surface area (Å²) in [6.45, 7) is 2.06. The first kappa shape index (κ1) is 7.65. The first-order valence-electron chi connectivity index (χ1n) is 3.17. The molecule has 0 aromatic heterocycles. The Morgan fingerprint density at radius 2 is 2.27 bits per heavy atom. The Bertz CT molecular complexity index is 301. The van der Waals surface area contributed by atoms with Crippen LogP contribution in [0, 0.1) is 6.92 Å². The first-order valence-corrected chi connectivity index (χ1v) is 5.70. The van der Waals surface area contributed by atoms with Crippen molar-refractivity contribution in [2.45, 2.75) is 11.8 Å². The molecule has 1 aliphatic heterocycles. The molecule has 1 aromatic carbocycles. The highest BCUT2D eigenvalue weighted by Gasteiger charge is 2.14. The highest BCUT2D eigenvalue weighted by atomic mass is 35.5. The van der Waals surface area contributed by atoms with E-state index < -0.39 is 0 Å². The lowest BCUT2D eigenvalue weighted by Crippen LogP contribution is -1.83. The highest BCUT2D eigenvalue weighted by Crippen LogP contribution is 2.46. The van der Waals surface area contributed by atoms with Gasteiger partial charge in [0, 0.05) is 20.9 Å². The average molecular weight is 204 g/mol. The smallest absolute Gasteiger partial charge is 0.0624 e. The predicted molar refractivity (Wildman–Crippen MR) is 53.3 cm³/mol. The highest BCUT2D eigenvalue weighted by molar-refractivity contribution is 8.77. The van der Waals surface area contributed by atoms with E-state index in [0.717, 1.165) is 5.02 Å². The number of benzene rings is 1. The van der Waals surface area contributed by atoms with Crippen molar-refractivity contribution in [3.05, 3.63) is 22.7 Å². The lowest BCUT2D eigenvalue weighted by atomic mass is 10.2. The minimum atomic E-state index is 0.818. The molecule has 0 atom stereocenters. The molecule has 2 rings (SSSR count). The molecule has 0 radical (unpaired) electrons. The largest absolute Gasteiger partial charge is 0.319 e. The zero-order valence-corrected chi connectivity index (χ0v) is 8.24. The molecule has 1 N–H and O–H groups in total. The fourth-order valence-corrected chi connectivity index (χ4v) is 3.41. The van der Waals surface area contributed by atoms with Crippen molar-refractivity contribution in [2.75, 3.05) is 4.72 Å². The van der Waals surface area contributed by atoms with Crippen LogP contribution in [0.5, 0.6) is 0 Å². The van der Waals surface area contributed by atoms with E-state index >= 15 is 0 Å². The molecule has 0 unspecified atom stereocenters. The summed E-state index contributed by atoms with van der Waals surface area (Å²) in [6.07, 6.45) is 0. The Hall–Kier alpha value is 0.01000. The third kappa shape index (κ3) is 1.33. The molecule has 0 spiro atoms. The molecule has 58 valence electrons. The van der Waals surface area contributed by atoms with Crippen LogP contribution in [-0.4, -0.2) is 0 Å². The maximum absolute atomic E-state index is 5.88. The number of fused-ring (bicyclic) bond motifs is 1. The monoisotopic (exact) mass is 203 g/mol. The van der Waals surface area contributed by atoms with Gasteiger partial charge < -0.3 is 4.72 Å². The van der Waals surface area contributed by atoms with Crippen molar-refractivity contribution in [1.82, 2.24) is 0 Å². The third-order valence-electron chi connectivity index (χ3n) is 1.54. The summed E-state index contributed by atoms with van der Waals surface area (Å²) in [6, 6.07) is 3.96. The van der Waals surface area contributed by atoms with Crippen LogP contribution in [0.3, 0.4) is 0 Å². The van der Waals surface area contributed by atoms with Crippen molar-refractivity contribution in [3.8, 4) is 0 Å². The lowest BCUT2D eigenvalue weighted by Gasteiger charge is -2.01. The Morgan fingerprint density at radius 3 is 3.09 bits per heavy atom. The topological polar surface area (TPSA) is 12.0 Å². The predicted octanol–water partition coefficient (Wildman–Crippen LogP) is 3.73. The third-order valence-corrected chi connectivity index (χ3v) is 3.67. The lowest BCUT2D eigenvalue weighted by molar-refractivity contribution is 1.38. The van der Waals surface area contributed by atoms with Gasteiger partial charge in [-0.15, -0.1) is 0 Å². The second kappa shape index (κ2) is 2.81. The molecule has 0 fully saturated rings. The molecule has 1 heterocycles. The SMILES string of the molecule is Cc1cc(Cl)cc2c1NSS2. The van der Waals surface area contributed by atoms with Crippen LogP contribution in [0.15, 0.2) is 17.0 Å². The maximum Gasteiger partial charge on any atom is 0.0624 e. The Morgan fingerprint density at radius 1 is 1.45 bits per heavy atom. The summed E-state index contributed by atoms with van der Waals surface area (Å²) < 4.78 is 3.22. The molecular formula is C7H6ClNS2. The van der Waals surface area contributed by atoms with Crippen LogP contribution in [-0.2, 0) is 0 Å². The standard InChI is InChI=1S/C7H6ClNS2/c1-4-2-5(8)3-6-7(4)9-11-10-6/h2-3,9H,1H3. The fraction of sp³-hybridized carbons (Fsp3) is 0.143. The van der Waals surface area contributed by atoms with Gasteiger partial charge in [-0.1, -0.05) is 11.6 Å². The van der Waals surface area contributed by atoms with Crippen molar-refractivity contribution < 1.29 is 0 Å². The van der Waals surface area contributed by atoms with E-state index in [1.54, 1.807) is 21.8 Å². The quantitative estimate of drug-likeness (QED) is 0.510. The average Bonchev–Trinajstić information content (AvgIpc) is 2.34. The summed E-state index contributed by atoms with van der Waals surface area (Å²) in [4.78, 5) is 1.24. The van der Waals surface area contributed by atoms with Gasteiger partial charge in [0.15, 0.2) is 0 Å². The van der Waals surface area contributed by atoms with E-state index in [0.29, 0.717) is 0 Å². The molecule has 1 aliphatic rings. The van der Waals surface area contributed by atoms with Gasteiger partial charge in [0.1, 0.15) is 0 Å². The fourth-order valence-electron chi connectivity index (χ4n) is 1.02. The van der Waals surface area contributed by atoms with Crippen molar-refractivity contribution >= 4 is 39.1 Å². The summed E-state index contributed by atoms with van der Waals surface area (Å²) in [5.74, 6) is 0. The Labute approximate surface area is 78.4 Å². The number of nitrogens with one attached hydrogen (secondary N) is 1. The molecule has 0 saturated heterocycles. The van der Waals surface area contributed by atoms with Gasteiger partial charge >= 0.3 is 0 Å². The molecule has 1 aromatic rings. The maximum atomic E-state index is 5.88. The van der Waals surface area contributed by atoms with Gasteiger partial charge in [0.25, 0.3) is 0 Å². The van der Waals surface area contributed by atoms with E-state index in [1.807, 2.05) is 12.1 Å². The minimum Gasteiger partial charge on any atom is -0.319 e. The summed E-state index contributed by atoms with van der Waals surface area (Å²) >= 11 is 5.88. The molecule has 0 amide bonds. The van der Waals surface area contributed by atoms with Crippen LogP contribution in [0.1, 0.15) is 5.56 Å².